The van der Waals surface area contributed by atoms with Crippen LogP contribution in [0.1, 0.15) is 23.9 Å². The van der Waals surface area contributed by atoms with Crippen molar-refractivity contribution in [3.63, 3.8) is 0 Å². The molecule has 0 radical (unpaired) electrons. The van der Waals surface area contributed by atoms with Crippen LogP contribution in [-0.4, -0.2) is 24.5 Å². The van der Waals surface area contributed by atoms with E-state index in [9.17, 15) is 8.42 Å². The van der Waals surface area contributed by atoms with Crippen LogP contribution in [0.25, 0.3) is 0 Å². The first-order valence-electron chi connectivity index (χ1n) is 6.92. The monoisotopic (exact) mass is 306 g/mol. The summed E-state index contributed by atoms with van der Waals surface area (Å²) < 4.78 is 29.1. The summed E-state index contributed by atoms with van der Waals surface area (Å²) in [7, 11) is -3.57. The normalized spacial score (nSPS) is 15.9. The third-order valence-electron chi connectivity index (χ3n) is 3.68. The smallest absolute Gasteiger partial charge is 0.257 e. The number of hydrogen-bond donors (Lipinski definition) is 2. The lowest BCUT2D eigenvalue weighted by Crippen LogP contribution is -2.33. The van der Waals surface area contributed by atoms with E-state index >= 15 is 0 Å². The molecule has 6 nitrogen and oxygen atoms in total. The summed E-state index contributed by atoms with van der Waals surface area (Å²) in [5.74, 6) is 0.836. The van der Waals surface area contributed by atoms with Crippen LogP contribution in [0.15, 0.2) is 41.6 Å². The SMILES string of the molecule is NC(CNS(=O)(=O)c1cnc2n1CCC2)c1ccccc1. The maximum atomic E-state index is 12.4. The van der Waals surface area contributed by atoms with Crippen LogP contribution in [0.2, 0.25) is 0 Å². The number of sulfonamides is 1. The van der Waals surface area contributed by atoms with Crippen LogP contribution in [0.4, 0.5) is 0 Å². The van der Waals surface area contributed by atoms with E-state index in [1.165, 1.54) is 6.20 Å². The van der Waals surface area contributed by atoms with Gasteiger partial charge in [-0.25, -0.2) is 18.1 Å². The van der Waals surface area contributed by atoms with Crippen LogP contribution >= 0.6 is 0 Å². The van der Waals surface area contributed by atoms with Crippen molar-refractivity contribution in [2.75, 3.05) is 6.54 Å². The van der Waals surface area contributed by atoms with E-state index in [1.54, 1.807) is 4.57 Å². The number of nitrogens with zero attached hydrogens (tertiary/aromatic N) is 2. The molecule has 0 aliphatic carbocycles. The zero-order valence-corrected chi connectivity index (χ0v) is 12.4. The summed E-state index contributed by atoms with van der Waals surface area (Å²) in [6.07, 6.45) is 3.19. The van der Waals surface area contributed by atoms with E-state index in [1.807, 2.05) is 30.3 Å². The molecule has 1 aromatic carbocycles. The third-order valence-corrected chi connectivity index (χ3v) is 5.10. The molecule has 0 saturated heterocycles. The van der Waals surface area contributed by atoms with Gasteiger partial charge in [-0.05, 0) is 12.0 Å². The van der Waals surface area contributed by atoms with Gasteiger partial charge in [0, 0.05) is 25.6 Å². The summed E-state index contributed by atoms with van der Waals surface area (Å²) in [5.41, 5.74) is 6.92. The van der Waals surface area contributed by atoms with E-state index in [2.05, 4.69) is 9.71 Å². The largest absolute Gasteiger partial charge is 0.323 e. The zero-order chi connectivity index (χ0) is 14.9. The molecule has 21 heavy (non-hydrogen) atoms. The van der Waals surface area contributed by atoms with Crippen molar-refractivity contribution in [1.82, 2.24) is 14.3 Å². The summed E-state index contributed by atoms with van der Waals surface area (Å²) in [4.78, 5) is 4.16. The zero-order valence-electron chi connectivity index (χ0n) is 11.6. The van der Waals surface area contributed by atoms with E-state index in [0.717, 1.165) is 24.2 Å². The van der Waals surface area contributed by atoms with E-state index in [0.29, 0.717) is 6.54 Å². The quantitative estimate of drug-likeness (QED) is 0.855. The van der Waals surface area contributed by atoms with Gasteiger partial charge >= 0.3 is 0 Å². The number of nitrogens with two attached hydrogens (primary N) is 1. The van der Waals surface area contributed by atoms with Gasteiger partial charge in [-0.2, -0.15) is 0 Å². The number of aromatic nitrogens is 2. The van der Waals surface area contributed by atoms with Gasteiger partial charge in [0.1, 0.15) is 5.82 Å². The molecule has 1 unspecified atom stereocenters. The van der Waals surface area contributed by atoms with Crippen molar-refractivity contribution < 1.29 is 8.42 Å². The molecule has 1 aromatic heterocycles. The predicted octanol–water partition coefficient (Wildman–Crippen LogP) is 0.808. The first kappa shape index (κ1) is 14.2. The fourth-order valence-electron chi connectivity index (χ4n) is 2.54. The molecule has 1 aliphatic rings. The molecule has 0 fully saturated rings. The summed E-state index contributed by atoms with van der Waals surface area (Å²) in [6, 6.07) is 9.06. The molecule has 0 saturated carbocycles. The lowest BCUT2D eigenvalue weighted by atomic mass is 10.1. The molecular weight excluding hydrogens is 288 g/mol. The number of imidazole rings is 1. The predicted molar refractivity (Wildman–Crippen MR) is 79.1 cm³/mol. The highest BCUT2D eigenvalue weighted by atomic mass is 32.2. The van der Waals surface area contributed by atoms with Gasteiger partial charge in [-0.1, -0.05) is 30.3 Å². The maximum Gasteiger partial charge on any atom is 0.257 e. The summed E-state index contributed by atoms with van der Waals surface area (Å²) >= 11 is 0. The van der Waals surface area contributed by atoms with Crippen LogP contribution in [0.3, 0.4) is 0 Å². The Balaban J connectivity index is 1.72. The molecule has 0 spiro atoms. The highest BCUT2D eigenvalue weighted by Gasteiger charge is 2.25. The fourth-order valence-corrected chi connectivity index (χ4v) is 3.76. The van der Waals surface area contributed by atoms with Crippen LogP contribution in [0, 0.1) is 0 Å². The first-order chi connectivity index (χ1) is 10.1. The molecule has 3 N–H and O–H groups in total. The van der Waals surface area contributed by atoms with Crippen LogP contribution in [0.5, 0.6) is 0 Å². The van der Waals surface area contributed by atoms with Crippen molar-refractivity contribution in [1.29, 1.82) is 0 Å². The number of nitrogens with one attached hydrogen (secondary N) is 1. The molecule has 1 atom stereocenters. The van der Waals surface area contributed by atoms with Crippen molar-refractivity contribution >= 4 is 10.0 Å². The van der Waals surface area contributed by atoms with Crippen molar-refractivity contribution in [3.8, 4) is 0 Å². The standard InChI is InChI=1S/C14H18N4O2S/c15-12(11-5-2-1-3-6-11)9-17-21(19,20)14-10-16-13-7-4-8-18(13)14/h1-3,5-6,10,12,17H,4,7-9,15H2. The van der Waals surface area contributed by atoms with Gasteiger partial charge in [0.15, 0.2) is 5.03 Å². The number of benzene rings is 1. The Morgan fingerprint density at radius 3 is 2.86 bits per heavy atom. The lowest BCUT2D eigenvalue weighted by molar-refractivity contribution is 0.556. The minimum absolute atomic E-state index is 0.160. The van der Waals surface area contributed by atoms with Gasteiger partial charge in [0.2, 0.25) is 0 Å². The highest BCUT2D eigenvalue weighted by Crippen LogP contribution is 2.20. The van der Waals surface area contributed by atoms with E-state index in [-0.39, 0.29) is 17.6 Å². The maximum absolute atomic E-state index is 12.4. The summed E-state index contributed by atoms with van der Waals surface area (Å²) in [6.45, 7) is 0.864. The Labute approximate surface area is 124 Å². The van der Waals surface area contributed by atoms with Crippen molar-refractivity contribution in [2.45, 2.75) is 30.5 Å². The molecule has 0 amide bonds. The molecule has 112 valence electrons. The molecule has 1 aliphatic heterocycles. The molecule has 0 bridgehead atoms. The first-order valence-corrected chi connectivity index (χ1v) is 8.41. The van der Waals surface area contributed by atoms with Crippen LogP contribution in [-0.2, 0) is 23.0 Å². The molecule has 2 aromatic rings. The number of aryl methyl sites for hydroxylation is 1. The topological polar surface area (TPSA) is 90.0 Å². The van der Waals surface area contributed by atoms with E-state index < -0.39 is 10.0 Å². The van der Waals surface area contributed by atoms with Gasteiger partial charge in [0.05, 0.1) is 6.20 Å². The minimum Gasteiger partial charge on any atom is -0.323 e. The Hall–Kier alpha value is -1.70. The number of fused-ring (bicyclic) bond motifs is 1. The molecule has 7 heteroatoms. The third kappa shape index (κ3) is 2.85. The summed E-state index contributed by atoms with van der Waals surface area (Å²) in [5, 5.41) is 0.232. The minimum atomic E-state index is -3.57. The molecule has 2 heterocycles. The second kappa shape index (κ2) is 5.59. The Morgan fingerprint density at radius 2 is 2.10 bits per heavy atom. The van der Waals surface area contributed by atoms with Gasteiger partial charge in [-0.3, -0.25) is 0 Å². The van der Waals surface area contributed by atoms with Gasteiger partial charge in [-0.15, -0.1) is 0 Å². The van der Waals surface area contributed by atoms with E-state index in [4.69, 9.17) is 5.73 Å². The second-order valence-electron chi connectivity index (χ2n) is 5.14. The number of hydrogen-bond acceptors (Lipinski definition) is 4. The fraction of sp³-hybridized carbons (Fsp3) is 0.357. The Morgan fingerprint density at radius 1 is 1.33 bits per heavy atom. The highest BCUT2D eigenvalue weighted by molar-refractivity contribution is 7.89. The Bertz CT molecular complexity index is 725. The molecular formula is C14H18N4O2S. The molecule has 3 rings (SSSR count). The average Bonchev–Trinajstić information content (AvgIpc) is 3.08. The van der Waals surface area contributed by atoms with Crippen molar-refractivity contribution in [3.05, 3.63) is 47.9 Å². The van der Waals surface area contributed by atoms with Gasteiger partial charge in [0.25, 0.3) is 10.0 Å². The van der Waals surface area contributed by atoms with Crippen molar-refractivity contribution in [2.24, 2.45) is 5.73 Å². The average molecular weight is 306 g/mol. The second-order valence-corrected chi connectivity index (χ2v) is 6.85. The number of rotatable bonds is 5. The Kier molecular flexibility index (Phi) is 3.79. The van der Waals surface area contributed by atoms with Gasteiger partial charge < -0.3 is 10.3 Å². The lowest BCUT2D eigenvalue weighted by Gasteiger charge is -2.13. The van der Waals surface area contributed by atoms with Crippen LogP contribution < -0.4 is 10.5 Å².